The molecule has 0 atom stereocenters. The zero-order chi connectivity index (χ0) is 13.3. The van der Waals surface area contributed by atoms with Gasteiger partial charge in [-0.25, -0.2) is 4.79 Å². The van der Waals surface area contributed by atoms with E-state index in [4.69, 9.17) is 5.73 Å². The standard InChI is InChI=1S/C12H17N3O2S/c1-3-8-7(2)18-10-9(8)11(16)15(6-4-5-13)12(17)14-10/h3-6,13H2,1-2H3,(H,14,17). The first-order valence-corrected chi connectivity index (χ1v) is 6.87. The topological polar surface area (TPSA) is 80.9 Å². The molecule has 0 aliphatic carbocycles. The van der Waals surface area contributed by atoms with Crippen LogP contribution in [0.4, 0.5) is 0 Å². The van der Waals surface area contributed by atoms with Gasteiger partial charge in [-0.3, -0.25) is 14.3 Å². The highest BCUT2D eigenvalue weighted by Gasteiger charge is 2.15. The minimum atomic E-state index is -0.343. The SMILES string of the molecule is CCc1c(C)sc2[nH]c(=O)n(CCCN)c(=O)c12. The van der Waals surface area contributed by atoms with Gasteiger partial charge in [0.05, 0.1) is 5.39 Å². The maximum atomic E-state index is 12.4. The minimum absolute atomic E-state index is 0.191. The number of aromatic amines is 1. The molecule has 0 amide bonds. The number of aryl methyl sites for hydroxylation is 2. The van der Waals surface area contributed by atoms with Crippen LogP contribution in [0.3, 0.4) is 0 Å². The van der Waals surface area contributed by atoms with Gasteiger partial charge in [0.25, 0.3) is 5.56 Å². The highest BCUT2D eigenvalue weighted by atomic mass is 32.1. The number of nitrogens with zero attached hydrogens (tertiary/aromatic N) is 1. The van der Waals surface area contributed by atoms with Gasteiger partial charge in [-0.2, -0.15) is 0 Å². The van der Waals surface area contributed by atoms with Crippen molar-refractivity contribution in [2.75, 3.05) is 6.54 Å². The van der Waals surface area contributed by atoms with E-state index < -0.39 is 0 Å². The van der Waals surface area contributed by atoms with E-state index in [1.807, 2.05) is 13.8 Å². The third-order valence-electron chi connectivity index (χ3n) is 3.07. The summed E-state index contributed by atoms with van der Waals surface area (Å²) in [7, 11) is 0. The molecule has 0 aliphatic rings. The van der Waals surface area contributed by atoms with Crippen LogP contribution in [0.1, 0.15) is 23.8 Å². The molecule has 2 aromatic heterocycles. The Labute approximate surface area is 108 Å². The third kappa shape index (κ3) is 2.02. The van der Waals surface area contributed by atoms with Crippen molar-refractivity contribution in [3.8, 4) is 0 Å². The van der Waals surface area contributed by atoms with Gasteiger partial charge in [0, 0.05) is 11.4 Å². The molecule has 5 nitrogen and oxygen atoms in total. The lowest BCUT2D eigenvalue weighted by Gasteiger charge is -2.04. The smallest absolute Gasteiger partial charge is 0.329 e. The molecule has 0 saturated heterocycles. The monoisotopic (exact) mass is 267 g/mol. The second-order valence-electron chi connectivity index (χ2n) is 4.22. The van der Waals surface area contributed by atoms with Crippen molar-refractivity contribution >= 4 is 21.6 Å². The summed E-state index contributed by atoms with van der Waals surface area (Å²) in [5.41, 5.74) is 5.93. The lowest BCUT2D eigenvalue weighted by molar-refractivity contribution is 0.603. The van der Waals surface area contributed by atoms with Crippen LogP contribution in [0.25, 0.3) is 10.2 Å². The van der Waals surface area contributed by atoms with Gasteiger partial charge >= 0.3 is 5.69 Å². The van der Waals surface area contributed by atoms with Crippen molar-refractivity contribution in [1.82, 2.24) is 9.55 Å². The Morgan fingerprint density at radius 3 is 2.72 bits per heavy atom. The molecule has 3 N–H and O–H groups in total. The molecule has 0 fully saturated rings. The predicted molar refractivity (Wildman–Crippen MR) is 74.5 cm³/mol. The Morgan fingerprint density at radius 2 is 2.11 bits per heavy atom. The fraction of sp³-hybridized carbons (Fsp3) is 0.500. The number of fused-ring (bicyclic) bond motifs is 1. The summed E-state index contributed by atoms with van der Waals surface area (Å²) in [5, 5.41) is 0.664. The molecule has 0 radical (unpaired) electrons. The van der Waals surface area contributed by atoms with Crippen LogP contribution in [0.15, 0.2) is 9.59 Å². The highest BCUT2D eigenvalue weighted by Crippen LogP contribution is 2.26. The second kappa shape index (κ2) is 5.07. The number of nitrogens with two attached hydrogens (primary N) is 1. The van der Waals surface area contributed by atoms with E-state index >= 15 is 0 Å². The van der Waals surface area contributed by atoms with Crippen molar-refractivity contribution in [3.63, 3.8) is 0 Å². The van der Waals surface area contributed by atoms with Crippen molar-refractivity contribution < 1.29 is 0 Å². The highest BCUT2D eigenvalue weighted by molar-refractivity contribution is 7.18. The van der Waals surface area contributed by atoms with Crippen molar-refractivity contribution in [2.45, 2.75) is 33.2 Å². The molecule has 2 aromatic rings. The molecule has 0 aliphatic heterocycles. The van der Waals surface area contributed by atoms with E-state index in [1.165, 1.54) is 15.9 Å². The quantitative estimate of drug-likeness (QED) is 0.866. The number of nitrogens with one attached hydrogen (secondary N) is 1. The van der Waals surface area contributed by atoms with Gasteiger partial charge < -0.3 is 5.73 Å². The Kier molecular flexibility index (Phi) is 3.68. The average molecular weight is 267 g/mol. The normalized spacial score (nSPS) is 11.3. The third-order valence-corrected chi connectivity index (χ3v) is 4.14. The van der Waals surface area contributed by atoms with E-state index in [2.05, 4.69) is 4.98 Å². The zero-order valence-electron chi connectivity index (χ0n) is 10.6. The summed E-state index contributed by atoms with van der Waals surface area (Å²) in [6.45, 7) is 4.83. The summed E-state index contributed by atoms with van der Waals surface area (Å²) < 4.78 is 1.25. The van der Waals surface area contributed by atoms with Gasteiger partial charge in [0.15, 0.2) is 0 Å². The maximum Gasteiger partial charge on any atom is 0.329 e. The fourth-order valence-corrected chi connectivity index (χ4v) is 3.29. The molecule has 0 unspecified atom stereocenters. The Morgan fingerprint density at radius 1 is 1.39 bits per heavy atom. The number of aromatic nitrogens is 2. The Hall–Kier alpha value is -1.40. The van der Waals surface area contributed by atoms with Crippen LogP contribution in [-0.4, -0.2) is 16.1 Å². The van der Waals surface area contributed by atoms with Crippen molar-refractivity contribution in [2.24, 2.45) is 5.73 Å². The van der Waals surface area contributed by atoms with Gasteiger partial charge in [-0.05, 0) is 31.9 Å². The first-order chi connectivity index (χ1) is 8.60. The molecule has 2 rings (SSSR count). The summed E-state index contributed by atoms with van der Waals surface area (Å²) in [6.07, 6.45) is 1.42. The molecule has 18 heavy (non-hydrogen) atoms. The van der Waals surface area contributed by atoms with Crippen LogP contribution >= 0.6 is 11.3 Å². The summed E-state index contributed by atoms with van der Waals surface area (Å²) in [6, 6.07) is 0. The fourth-order valence-electron chi connectivity index (χ4n) is 2.16. The maximum absolute atomic E-state index is 12.4. The minimum Gasteiger partial charge on any atom is -0.330 e. The van der Waals surface area contributed by atoms with E-state index in [9.17, 15) is 9.59 Å². The number of rotatable bonds is 4. The van der Waals surface area contributed by atoms with E-state index in [0.29, 0.717) is 29.7 Å². The summed E-state index contributed by atoms with van der Waals surface area (Å²) >= 11 is 1.47. The summed E-state index contributed by atoms with van der Waals surface area (Å²) in [4.78, 5) is 28.8. The average Bonchev–Trinajstić information content (AvgIpc) is 2.64. The molecule has 0 saturated carbocycles. The van der Waals surface area contributed by atoms with Crippen LogP contribution in [0.5, 0.6) is 0 Å². The van der Waals surface area contributed by atoms with E-state index in [0.717, 1.165) is 16.9 Å². The second-order valence-corrected chi connectivity index (χ2v) is 5.45. The molecule has 98 valence electrons. The Balaban J connectivity index is 2.75. The van der Waals surface area contributed by atoms with Crippen molar-refractivity contribution in [1.29, 1.82) is 0 Å². The van der Waals surface area contributed by atoms with Crippen LogP contribution in [0, 0.1) is 6.92 Å². The lowest BCUT2D eigenvalue weighted by Crippen LogP contribution is -2.35. The van der Waals surface area contributed by atoms with Crippen LogP contribution in [0.2, 0.25) is 0 Å². The molecule has 0 spiro atoms. The molecule has 0 bridgehead atoms. The number of thiophene rings is 1. The molecular weight excluding hydrogens is 250 g/mol. The van der Waals surface area contributed by atoms with Gasteiger partial charge in [-0.15, -0.1) is 11.3 Å². The molecule has 2 heterocycles. The largest absolute Gasteiger partial charge is 0.330 e. The zero-order valence-corrected chi connectivity index (χ0v) is 11.4. The van der Waals surface area contributed by atoms with Crippen LogP contribution in [-0.2, 0) is 13.0 Å². The number of H-pyrrole nitrogens is 1. The first-order valence-electron chi connectivity index (χ1n) is 6.05. The molecular formula is C12H17N3O2S. The van der Waals surface area contributed by atoms with Gasteiger partial charge in [0.1, 0.15) is 4.83 Å². The van der Waals surface area contributed by atoms with E-state index in [1.54, 1.807) is 0 Å². The van der Waals surface area contributed by atoms with Crippen molar-refractivity contribution in [3.05, 3.63) is 31.3 Å². The predicted octanol–water partition coefficient (Wildman–Crippen LogP) is 0.971. The lowest BCUT2D eigenvalue weighted by atomic mass is 10.1. The van der Waals surface area contributed by atoms with Crippen LogP contribution < -0.4 is 17.0 Å². The van der Waals surface area contributed by atoms with Gasteiger partial charge in [-0.1, -0.05) is 6.92 Å². The Bertz CT molecular complexity index is 681. The number of hydrogen-bond acceptors (Lipinski definition) is 4. The molecule has 0 aromatic carbocycles. The molecule has 6 heteroatoms. The summed E-state index contributed by atoms with van der Waals surface area (Å²) in [5.74, 6) is 0. The first kappa shape index (κ1) is 13.0. The van der Waals surface area contributed by atoms with Gasteiger partial charge in [0.2, 0.25) is 0 Å². The van der Waals surface area contributed by atoms with E-state index in [-0.39, 0.29) is 11.2 Å². The number of hydrogen-bond donors (Lipinski definition) is 2.